The molecule has 3 rings (SSSR count). The highest BCUT2D eigenvalue weighted by Gasteiger charge is 2.14. The Morgan fingerprint density at radius 2 is 2.35 bits per heavy atom. The van der Waals surface area contributed by atoms with Crippen LogP contribution in [0.3, 0.4) is 0 Å². The van der Waals surface area contributed by atoms with E-state index in [9.17, 15) is 4.39 Å². The van der Waals surface area contributed by atoms with Crippen LogP contribution in [0.2, 0.25) is 0 Å². The number of rotatable bonds is 4. The molecule has 20 heavy (non-hydrogen) atoms. The third kappa shape index (κ3) is 2.63. The van der Waals surface area contributed by atoms with Gasteiger partial charge in [-0.25, -0.2) is 9.37 Å². The smallest absolute Gasteiger partial charge is 0.193 e. The molecular weight excluding hydrogens is 341 g/mol. The molecule has 6 heteroatoms. The lowest BCUT2D eigenvalue weighted by molar-refractivity contribution is 0.571. The fourth-order valence-electron chi connectivity index (χ4n) is 2.20. The molecule has 0 fully saturated rings. The van der Waals surface area contributed by atoms with Crippen molar-refractivity contribution in [2.45, 2.75) is 12.5 Å². The minimum absolute atomic E-state index is 0.0437. The minimum Gasteiger partial charge on any atom is -0.313 e. The predicted molar refractivity (Wildman–Crippen MR) is 82.7 cm³/mol. The molecule has 3 aromatic rings. The van der Waals surface area contributed by atoms with E-state index in [1.54, 1.807) is 23.5 Å². The number of fused-ring (bicyclic) bond motifs is 1. The summed E-state index contributed by atoms with van der Waals surface area (Å²) in [6.07, 6.45) is 4.74. The Bertz CT molecular complexity index is 708. The number of halogens is 2. The summed E-state index contributed by atoms with van der Waals surface area (Å²) in [5.41, 5.74) is 1.92. The van der Waals surface area contributed by atoms with Gasteiger partial charge >= 0.3 is 0 Å². The number of aromatic nitrogens is 2. The van der Waals surface area contributed by atoms with Crippen LogP contribution in [0, 0.1) is 5.82 Å². The SMILES string of the molecule is CNC(Cc1cn2ccsc2n1)c1ccc(Br)c(F)c1. The monoisotopic (exact) mass is 353 g/mol. The van der Waals surface area contributed by atoms with E-state index in [1.807, 2.05) is 35.3 Å². The molecule has 0 amide bonds. The highest BCUT2D eigenvalue weighted by atomic mass is 79.9. The van der Waals surface area contributed by atoms with E-state index in [2.05, 4.69) is 26.2 Å². The fourth-order valence-corrected chi connectivity index (χ4v) is 3.16. The van der Waals surface area contributed by atoms with Crippen molar-refractivity contribution in [1.82, 2.24) is 14.7 Å². The average Bonchev–Trinajstić information content (AvgIpc) is 3.00. The van der Waals surface area contributed by atoms with Crippen molar-refractivity contribution >= 4 is 32.2 Å². The number of hydrogen-bond acceptors (Lipinski definition) is 3. The Morgan fingerprint density at radius 3 is 3.05 bits per heavy atom. The molecule has 1 unspecified atom stereocenters. The van der Waals surface area contributed by atoms with Gasteiger partial charge in [0.05, 0.1) is 10.2 Å². The molecule has 1 N–H and O–H groups in total. The summed E-state index contributed by atoms with van der Waals surface area (Å²) in [5, 5.41) is 5.23. The molecule has 104 valence electrons. The summed E-state index contributed by atoms with van der Waals surface area (Å²) in [6, 6.07) is 5.26. The maximum Gasteiger partial charge on any atom is 0.193 e. The minimum atomic E-state index is -0.242. The molecule has 0 aliphatic heterocycles. The van der Waals surface area contributed by atoms with Crippen molar-refractivity contribution in [3.63, 3.8) is 0 Å². The molecule has 1 aromatic carbocycles. The van der Waals surface area contributed by atoms with Gasteiger partial charge in [-0.05, 0) is 40.7 Å². The van der Waals surface area contributed by atoms with E-state index in [1.165, 1.54) is 0 Å². The van der Waals surface area contributed by atoms with E-state index < -0.39 is 0 Å². The zero-order valence-electron chi connectivity index (χ0n) is 10.8. The highest BCUT2D eigenvalue weighted by Crippen LogP contribution is 2.23. The van der Waals surface area contributed by atoms with Gasteiger partial charge in [-0.15, -0.1) is 11.3 Å². The van der Waals surface area contributed by atoms with Crippen LogP contribution in [-0.2, 0) is 6.42 Å². The topological polar surface area (TPSA) is 29.3 Å². The molecule has 0 saturated heterocycles. The van der Waals surface area contributed by atoms with Gasteiger partial charge < -0.3 is 5.32 Å². The highest BCUT2D eigenvalue weighted by molar-refractivity contribution is 9.10. The predicted octanol–water partition coefficient (Wildman–Crippen LogP) is 3.80. The van der Waals surface area contributed by atoms with Gasteiger partial charge in [-0.1, -0.05) is 6.07 Å². The van der Waals surface area contributed by atoms with Crippen LogP contribution in [0.4, 0.5) is 4.39 Å². The Morgan fingerprint density at radius 1 is 1.50 bits per heavy atom. The van der Waals surface area contributed by atoms with Gasteiger partial charge in [-0.3, -0.25) is 4.40 Å². The first-order chi connectivity index (χ1) is 9.67. The van der Waals surface area contributed by atoms with Gasteiger partial charge in [0.15, 0.2) is 4.96 Å². The zero-order valence-corrected chi connectivity index (χ0v) is 13.2. The van der Waals surface area contributed by atoms with E-state index in [0.717, 1.165) is 22.6 Å². The van der Waals surface area contributed by atoms with Gasteiger partial charge in [0.2, 0.25) is 0 Å². The normalized spacial score (nSPS) is 12.9. The van der Waals surface area contributed by atoms with Crippen LogP contribution < -0.4 is 5.32 Å². The first-order valence-electron chi connectivity index (χ1n) is 6.20. The molecule has 2 heterocycles. The van der Waals surface area contributed by atoms with Crippen LogP contribution in [0.1, 0.15) is 17.3 Å². The quantitative estimate of drug-likeness (QED) is 0.772. The van der Waals surface area contributed by atoms with E-state index >= 15 is 0 Å². The molecule has 0 saturated carbocycles. The second-order valence-electron chi connectivity index (χ2n) is 4.54. The van der Waals surface area contributed by atoms with E-state index in [4.69, 9.17) is 0 Å². The number of hydrogen-bond donors (Lipinski definition) is 1. The summed E-state index contributed by atoms with van der Waals surface area (Å²) in [4.78, 5) is 5.55. The van der Waals surface area contributed by atoms with Gasteiger partial charge in [0.1, 0.15) is 5.82 Å². The number of imidazole rings is 1. The fraction of sp³-hybridized carbons (Fsp3) is 0.214. The molecule has 3 nitrogen and oxygen atoms in total. The average molecular weight is 354 g/mol. The van der Waals surface area contributed by atoms with Crippen LogP contribution in [0.25, 0.3) is 4.96 Å². The van der Waals surface area contributed by atoms with Crippen molar-refractivity contribution < 1.29 is 4.39 Å². The van der Waals surface area contributed by atoms with Gasteiger partial charge in [-0.2, -0.15) is 0 Å². The second kappa shape index (κ2) is 5.63. The summed E-state index contributed by atoms with van der Waals surface area (Å²) in [7, 11) is 1.88. The summed E-state index contributed by atoms with van der Waals surface area (Å²) in [5.74, 6) is -0.242. The zero-order chi connectivity index (χ0) is 14.1. The summed E-state index contributed by atoms with van der Waals surface area (Å²) >= 11 is 4.78. The first kappa shape index (κ1) is 13.7. The van der Waals surface area contributed by atoms with Crippen LogP contribution >= 0.6 is 27.3 Å². The largest absolute Gasteiger partial charge is 0.313 e. The second-order valence-corrected chi connectivity index (χ2v) is 6.27. The number of nitrogens with one attached hydrogen (secondary N) is 1. The lowest BCUT2D eigenvalue weighted by Crippen LogP contribution is -2.19. The van der Waals surface area contributed by atoms with Crippen LogP contribution in [-0.4, -0.2) is 16.4 Å². The molecular formula is C14H13BrFN3S. The van der Waals surface area contributed by atoms with Crippen molar-refractivity contribution in [3.05, 3.63) is 57.5 Å². The molecule has 0 aliphatic carbocycles. The van der Waals surface area contributed by atoms with Crippen LogP contribution in [0.5, 0.6) is 0 Å². The third-order valence-corrected chi connectivity index (χ3v) is 4.66. The lowest BCUT2D eigenvalue weighted by atomic mass is 10.0. The van der Waals surface area contributed by atoms with Crippen molar-refractivity contribution in [3.8, 4) is 0 Å². The molecule has 0 radical (unpaired) electrons. The maximum atomic E-state index is 13.6. The van der Waals surface area contributed by atoms with Gasteiger partial charge in [0, 0.05) is 30.2 Å². The number of likely N-dealkylation sites (N-methyl/N-ethyl adjacent to an activating group) is 1. The lowest BCUT2D eigenvalue weighted by Gasteiger charge is -2.15. The van der Waals surface area contributed by atoms with Crippen LogP contribution in [0.15, 0.2) is 40.4 Å². The standard InChI is InChI=1S/C14H13BrFN3S/c1-17-13(9-2-3-11(15)12(16)6-9)7-10-8-19-4-5-20-14(19)18-10/h2-6,8,13,17H,7H2,1H3. The van der Waals surface area contributed by atoms with Crippen molar-refractivity contribution in [2.75, 3.05) is 7.05 Å². The molecule has 0 spiro atoms. The number of benzene rings is 1. The molecule has 0 aliphatic rings. The van der Waals surface area contributed by atoms with Gasteiger partial charge in [0.25, 0.3) is 0 Å². The third-order valence-electron chi connectivity index (χ3n) is 3.25. The Kier molecular flexibility index (Phi) is 3.87. The Hall–Kier alpha value is -1.24. The summed E-state index contributed by atoms with van der Waals surface area (Å²) < 4.78 is 16.1. The first-order valence-corrected chi connectivity index (χ1v) is 7.88. The molecule has 2 aromatic heterocycles. The summed E-state index contributed by atoms with van der Waals surface area (Å²) in [6.45, 7) is 0. The Labute approximate surface area is 128 Å². The number of nitrogens with zero attached hydrogens (tertiary/aromatic N) is 2. The van der Waals surface area contributed by atoms with Crippen molar-refractivity contribution in [1.29, 1.82) is 0 Å². The van der Waals surface area contributed by atoms with E-state index in [0.29, 0.717) is 4.47 Å². The number of thiazole rings is 1. The molecule has 0 bridgehead atoms. The molecule has 1 atom stereocenters. The maximum absolute atomic E-state index is 13.6. The Balaban J connectivity index is 1.85. The van der Waals surface area contributed by atoms with Crippen molar-refractivity contribution in [2.24, 2.45) is 0 Å². The van der Waals surface area contributed by atoms with E-state index in [-0.39, 0.29) is 11.9 Å².